The number of carbonyl (C=O) groups excluding carboxylic acids is 1. The van der Waals surface area contributed by atoms with Crippen molar-refractivity contribution in [1.29, 1.82) is 0 Å². The van der Waals surface area contributed by atoms with Gasteiger partial charge in [0.2, 0.25) is 0 Å². The van der Waals surface area contributed by atoms with E-state index in [1.807, 2.05) is 11.3 Å². The van der Waals surface area contributed by atoms with Crippen molar-refractivity contribution >= 4 is 43.8 Å². The van der Waals surface area contributed by atoms with E-state index in [1.165, 1.54) is 44.8 Å². The lowest BCUT2D eigenvalue weighted by atomic mass is 9.69. The van der Waals surface area contributed by atoms with Gasteiger partial charge < -0.3 is 10.6 Å². The number of fused-ring (bicyclic) bond motifs is 5. The fraction of sp³-hybridized carbons (Fsp3) is 0.345. The van der Waals surface area contributed by atoms with Crippen molar-refractivity contribution in [3.63, 3.8) is 0 Å². The van der Waals surface area contributed by atoms with Crippen LogP contribution in [0.5, 0.6) is 0 Å². The summed E-state index contributed by atoms with van der Waals surface area (Å²) in [5.74, 6) is 0.743. The van der Waals surface area contributed by atoms with Crippen LogP contribution in [0.15, 0.2) is 54.6 Å². The van der Waals surface area contributed by atoms with Gasteiger partial charge in [-0.3, -0.25) is 4.79 Å². The van der Waals surface area contributed by atoms with Crippen LogP contribution in [-0.2, 0) is 12.8 Å². The number of hydrogen-bond donors (Lipinski definition) is 2. The number of nitrogens with one attached hydrogen (secondary N) is 2. The fourth-order valence-electron chi connectivity index (χ4n) is 5.76. The average Bonchev–Trinajstić information content (AvgIpc) is 3.20. The van der Waals surface area contributed by atoms with Gasteiger partial charge in [-0.25, -0.2) is 0 Å². The van der Waals surface area contributed by atoms with Crippen LogP contribution in [0.25, 0.3) is 21.5 Å². The molecule has 2 atom stereocenters. The van der Waals surface area contributed by atoms with Crippen LogP contribution in [0.1, 0.15) is 66.1 Å². The van der Waals surface area contributed by atoms with E-state index in [9.17, 15) is 4.79 Å². The molecular formula is C29H30N2OS. The molecule has 3 aromatic carbocycles. The minimum absolute atomic E-state index is 0.0662. The van der Waals surface area contributed by atoms with E-state index < -0.39 is 0 Å². The van der Waals surface area contributed by atoms with E-state index in [0.29, 0.717) is 11.3 Å². The Labute approximate surface area is 199 Å². The molecule has 1 aliphatic heterocycles. The van der Waals surface area contributed by atoms with Gasteiger partial charge in [-0.1, -0.05) is 75.7 Å². The first-order valence-corrected chi connectivity index (χ1v) is 12.9. The lowest BCUT2D eigenvalue weighted by Crippen LogP contribution is -2.38. The van der Waals surface area contributed by atoms with Crippen molar-refractivity contribution in [1.82, 2.24) is 5.32 Å². The molecular weight excluding hydrogens is 424 g/mol. The lowest BCUT2D eigenvalue weighted by Gasteiger charge is -2.36. The van der Waals surface area contributed by atoms with Gasteiger partial charge in [0.1, 0.15) is 11.2 Å². The molecule has 0 saturated heterocycles. The molecule has 1 amide bonds. The highest BCUT2D eigenvalue weighted by molar-refractivity contribution is 7.16. The first-order chi connectivity index (χ1) is 16.0. The Morgan fingerprint density at radius 3 is 2.33 bits per heavy atom. The third kappa shape index (κ3) is 3.26. The largest absolute Gasteiger partial charge is 0.353 e. The molecule has 4 heteroatoms. The monoisotopic (exact) mass is 454 g/mol. The summed E-state index contributed by atoms with van der Waals surface area (Å²) in [6.45, 7) is 7.08. The highest BCUT2D eigenvalue weighted by atomic mass is 32.1. The first-order valence-electron chi connectivity index (χ1n) is 12.1. The Balaban J connectivity index is 1.44. The second-order valence-electron chi connectivity index (χ2n) is 10.3. The van der Waals surface area contributed by atoms with Crippen molar-refractivity contribution in [2.45, 2.75) is 52.6 Å². The van der Waals surface area contributed by atoms with Gasteiger partial charge in [-0.2, -0.15) is 0 Å². The SMILES string of the molecule is CCC(C)(C)[C@@H]1CCc2c(sc3c2C(=O)N[C@@H](c2c4ccccc4cc4ccccc24)N3)C1. The van der Waals surface area contributed by atoms with Gasteiger partial charge in [-0.15, -0.1) is 11.3 Å². The Kier molecular flexibility index (Phi) is 4.77. The highest BCUT2D eigenvalue weighted by Gasteiger charge is 2.37. The highest BCUT2D eigenvalue weighted by Crippen LogP contribution is 2.47. The molecule has 0 bridgehead atoms. The maximum Gasteiger partial charge on any atom is 0.256 e. The summed E-state index contributed by atoms with van der Waals surface area (Å²) < 4.78 is 0. The van der Waals surface area contributed by atoms with Crippen LogP contribution in [0.3, 0.4) is 0 Å². The molecule has 2 N–H and O–H groups in total. The van der Waals surface area contributed by atoms with Gasteiger partial charge in [0, 0.05) is 10.4 Å². The summed E-state index contributed by atoms with van der Waals surface area (Å²) in [4.78, 5) is 14.9. The van der Waals surface area contributed by atoms with E-state index in [0.717, 1.165) is 29.0 Å². The van der Waals surface area contributed by atoms with Gasteiger partial charge in [0.15, 0.2) is 0 Å². The van der Waals surface area contributed by atoms with Gasteiger partial charge in [0.05, 0.1) is 5.56 Å². The average molecular weight is 455 g/mol. The zero-order chi connectivity index (χ0) is 22.7. The summed E-state index contributed by atoms with van der Waals surface area (Å²) in [6, 6.07) is 19.2. The van der Waals surface area contributed by atoms with Gasteiger partial charge >= 0.3 is 0 Å². The van der Waals surface area contributed by atoms with Crippen LogP contribution < -0.4 is 10.6 Å². The molecule has 0 unspecified atom stereocenters. The molecule has 33 heavy (non-hydrogen) atoms. The van der Waals surface area contributed by atoms with Crippen molar-refractivity contribution < 1.29 is 4.79 Å². The van der Waals surface area contributed by atoms with Crippen LogP contribution >= 0.6 is 11.3 Å². The van der Waals surface area contributed by atoms with Crippen molar-refractivity contribution in [3.8, 4) is 0 Å². The minimum Gasteiger partial charge on any atom is -0.353 e. The summed E-state index contributed by atoms with van der Waals surface area (Å²) >= 11 is 1.81. The molecule has 2 aliphatic rings. The van der Waals surface area contributed by atoms with Crippen LogP contribution in [0.2, 0.25) is 0 Å². The van der Waals surface area contributed by atoms with E-state index in [2.05, 4.69) is 86.0 Å². The summed E-state index contributed by atoms with van der Waals surface area (Å²) in [5.41, 5.74) is 3.66. The normalized spacial score (nSPS) is 20.3. The molecule has 0 radical (unpaired) electrons. The van der Waals surface area contributed by atoms with Gasteiger partial charge in [0.25, 0.3) is 5.91 Å². The van der Waals surface area contributed by atoms with Crippen LogP contribution in [0, 0.1) is 11.3 Å². The third-order valence-corrected chi connectivity index (χ3v) is 9.35. The molecule has 1 aliphatic carbocycles. The van der Waals surface area contributed by atoms with E-state index >= 15 is 0 Å². The van der Waals surface area contributed by atoms with Crippen molar-refractivity contribution in [2.75, 3.05) is 5.32 Å². The Hall–Kier alpha value is -2.85. The number of benzene rings is 3. The first kappa shape index (κ1) is 20.7. The van der Waals surface area contributed by atoms with E-state index in [4.69, 9.17) is 0 Å². The minimum atomic E-state index is -0.246. The fourth-order valence-corrected chi connectivity index (χ4v) is 7.11. The number of rotatable bonds is 3. The molecule has 0 fully saturated rings. The molecule has 2 heterocycles. The van der Waals surface area contributed by atoms with E-state index in [1.54, 1.807) is 0 Å². The predicted octanol–water partition coefficient (Wildman–Crippen LogP) is 7.45. The Morgan fingerprint density at radius 1 is 1.00 bits per heavy atom. The number of carbonyl (C=O) groups is 1. The number of thiophene rings is 1. The molecule has 0 spiro atoms. The van der Waals surface area contributed by atoms with E-state index in [-0.39, 0.29) is 12.1 Å². The van der Waals surface area contributed by atoms with Crippen molar-refractivity contribution in [3.05, 3.63) is 76.2 Å². The van der Waals surface area contributed by atoms with Crippen molar-refractivity contribution in [2.24, 2.45) is 11.3 Å². The summed E-state index contributed by atoms with van der Waals surface area (Å²) in [5, 5.41) is 12.9. The van der Waals surface area contributed by atoms with Crippen LogP contribution in [0.4, 0.5) is 5.00 Å². The Morgan fingerprint density at radius 2 is 1.67 bits per heavy atom. The van der Waals surface area contributed by atoms with Crippen LogP contribution in [-0.4, -0.2) is 5.91 Å². The topological polar surface area (TPSA) is 41.1 Å². The smallest absolute Gasteiger partial charge is 0.256 e. The zero-order valence-electron chi connectivity index (χ0n) is 19.5. The summed E-state index contributed by atoms with van der Waals surface area (Å²) in [6.07, 6.45) is 4.20. The number of hydrogen-bond acceptors (Lipinski definition) is 3. The lowest BCUT2D eigenvalue weighted by molar-refractivity contribution is 0.0935. The maximum atomic E-state index is 13.5. The number of anilines is 1. The summed E-state index contributed by atoms with van der Waals surface area (Å²) in [7, 11) is 0. The zero-order valence-corrected chi connectivity index (χ0v) is 20.3. The standard InChI is InChI=1S/C29H30N2OS/c1-4-29(2,3)19-13-14-22-23(16-19)33-28-25(22)27(32)30-26(31-28)24-20-11-7-5-9-17(20)15-18-10-6-8-12-21(18)24/h5-12,15,19,26,31H,4,13-14,16H2,1-3H3,(H,30,32)/t19-,26-/m1/s1. The molecule has 3 nitrogen and oxygen atoms in total. The van der Waals surface area contributed by atoms with Gasteiger partial charge in [-0.05, 0) is 63.8 Å². The second-order valence-corrected chi connectivity index (χ2v) is 11.4. The molecule has 4 aromatic rings. The quantitative estimate of drug-likeness (QED) is 0.316. The predicted molar refractivity (Wildman–Crippen MR) is 139 cm³/mol. The maximum absolute atomic E-state index is 13.5. The Bertz CT molecular complexity index is 1350. The molecule has 6 rings (SSSR count). The third-order valence-electron chi connectivity index (χ3n) is 8.16. The second kappa shape index (κ2) is 7.59. The molecule has 1 aromatic heterocycles. The molecule has 168 valence electrons. The number of amides is 1. The molecule has 0 saturated carbocycles.